The number of benzene rings is 3. The van der Waals surface area contributed by atoms with Crippen LogP contribution < -0.4 is 5.32 Å². The van der Waals surface area contributed by atoms with Crippen LogP contribution in [0.3, 0.4) is 0 Å². The van der Waals surface area contributed by atoms with Gasteiger partial charge in [0.2, 0.25) is 0 Å². The summed E-state index contributed by atoms with van der Waals surface area (Å²) in [6.45, 7) is 0.625. The molecule has 0 unspecified atom stereocenters. The number of carbonyl (C=O) groups is 1. The lowest BCUT2D eigenvalue weighted by molar-refractivity contribution is -0.115. The molecule has 0 aliphatic rings. The van der Waals surface area contributed by atoms with E-state index in [4.69, 9.17) is 11.6 Å². The van der Waals surface area contributed by atoms with E-state index < -0.39 is 0 Å². The Kier molecular flexibility index (Phi) is 6.84. The van der Waals surface area contributed by atoms with E-state index in [9.17, 15) is 4.79 Å². The Morgan fingerprint density at radius 2 is 1.48 bits per heavy atom. The molecule has 3 aromatic carbocycles. The van der Waals surface area contributed by atoms with Gasteiger partial charge in [0.1, 0.15) is 0 Å². The van der Waals surface area contributed by atoms with E-state index in [1.165, 1.54) is 5.56 Å². The van der Waals surface area contributed by atoms with Gasteiger partial charge in [-0.25, -0.2) is 0 Å². The third-order valence-corrected chi connectivity index (χ3v) is 4.65. The topological polar surface area (TPSA) is 29.1 Å². The first-order valence-corrected chi connectivity index (χ1v) is 9.45. The van der Waals surface area contributed by atoms with Gasteiger partial charge < -0.3 is 5.32 Å². The average molecular weight is 376 g/mol. The lowest BCUT2D eigenvalue weighted by Crippen LogP contribution is -2.25. The maximum absolute atomic E-state index is 12.8. The molecule has 0 saturated heterocycles. The van der Waals surface area contributed by atoms with Gasteiger partial charge in [-0.2, -0.15) is 0 Å². The van der Waals surface area contributed by atoms with Crippen molar-refractivity contribution in [1.82, 2.24) is 5.32 Å². The number of halogens is 1. The molecule has 27 heavy (non-hydrogen) atoms. The smallest absolute Gasteiger partial charge is 0.251 e. The van der Waals surface area contributed by atoms with Gasteiger partial charge in [-0.3, -0.25) is 4.79 Å². The zero-order chi connectivity index (χ0) is 18.9. The lowest BCUT2D eigenvalue weighted by atomic mass is 10.0. The van der Waals surface area contributed by atoms with Crippen LogP contribution in [0.4, 0.5) is 0 Å². The van der Waals surface area contributed by atoms with Crippen LogP contribution in [-0.2, 0) is 11.2 Å². The molecule has 3 rings (SSSR count). The van der Waals surface area contributed by atoms with E-state index in [-0.39, 0.29) is 5.91 Å². The van der Waals surface area contributed by atoms with Crippen molar-refractivity contribution in [3.8, 4) is 0 Å². The molecule has 0 bridgehead atoms. The molecule has 1 N–H and O–H groups in total. The second-order valence-corrected chi connectivity index (χ2v) is 6.70. The van der Waals surface area contributed by atoms with Gasteiger partial charge in [0.15, 0.2) is 0 Å². The fourth-order valence-corrected chi connectivity index (χ4v) is 3.07. The summed E-state index contributed by atoms with van der Waals surface area (Å²) < 4.78 is 0. The zero-order valence-corrected chi connectivity index (χ0v) is 15.8. The molecule has 0 fully saturated rings. The predicted octanol–water partition coefficient (Wildman–Crippen LogP) is 5.63. The molecule has 3 aromatic rings. The molecular weight excluding hydrogens is 354 g/mol. The standard InChI is InChI=1S/C24H22ClNO/c25-23-16-8-7-15-21(23)18-22(20-13-5-2-6-14-20)24(27)26-17-9-12-19-10-3-1-4-11-19/h1-8,10-11,13-16,18H,9,12,17H2,(H,26,27)/b22-18+. The van der Waals surface area contributed by atoms with E-state index in [2.05, 4.69) is 17.4 Å². The Balaban J connectivity index is 1.71. The van der Waals surface area contributed by atoms with Crippen molar-refractivity contribution in [2.75, 3.05) is 6.54 Å². The number of rotatable bonds is 7. The third kappa shape index (κ3) is 5.57. The van der Waals surface area contributed by atoms with Crippen molar-refractivity contribution < 1.29 is 4.79 Å². The summed E-state index contributed by atoms with van der Waals surface area (Å²) in [7, 11) is 0. The van der Waals surface area contributed by atoms with Crippen molar-refractivity contribution in [2.45, 2.75) is 12.8 Å². The fourth-order valence-electron chi connectivity index (χ4n) is 2.88. The quantitative estimate of drug-likeness (QED) is 0.323. The van der Waals surface area contributed by atoms with Gasteiger partial charge in [-0.05, 0) is 41.7 Å². The van der Waals surface area contributed by atoms with Gasteiger partial charge in [-0.15, -0.1) is 0 Å². The highest BCUT2D eigenvalue weighted by molar-refractivity contribution is 6.33. The van der Waals surface area contributed by atoms with E-state index in [1.807, 2.05) is 78.9 Å². The highest BCUT2D eigenvalue weighted by Gasteiger charge is 2.12. The second kappa shape index (κ2) is 9.75. The molecule has 0 saturated carbocycles. The van der Waals surface area contributed by atoms with Crippen LogP contribution >= 0.6 is 11.6 Å². The number of hydrogen-bond acceptors (Lipinski definition) is 1. The molecular formula is C24H22ClNO. The normalized spacial score (nSPS) is 11.2. The average Bonchev–Trinajstić information content (AvgIpc) is 2.72. The number of carbonyl (C=O) groups excluding carboxylic acids is 1. The predicted molar refractivity (Wildman–Crippen MR) is 114 cm³/mol. The van der Waals surface area contributed by atoms with Gasteiger partial charge in [0.25, 0.3) is 5.91 Å². The summed E-state index contributed by atoms with van der Waals surface area (Å²) in [6, 6.07) is 27.5. The Hall–Kier alpha value is -2.84. The summed E-state index contributed by atoms with van der Waals surface area (Å²) in [5.74, 6) is -0.0887. The molecule has 0 aliphatic carbocycles. The Morgan fingerprint density at radius 1 is 0.852 bits per heavy atom. The minimum atomic E-state index is -0.0887. The van der Waals surface area contributed by atoms with Gasteiger partial charge in [0.05, 0.1) is 0 Å². The summed E-state index contributed by atoms with van der Waals surface area (Å²) >= 11 is 6.28. The third-order valence-electron chi connectivity index (χ3n) is 4.31. The van der Waals surface area contributed by atoms with E-state index in [0.717, 1.165) is 24.0 Å². The Bertz CT molecular complexity index is 904. The zero-order valence-electron chi connectivity index (χ0n) is 15.1. The number of nitrogens with one attached hydrogen (secondary N) is 1. The summed E-state index contributed by atoms with van der Waals surface area (Å²) in [4.78, 5) is 12.8. The summed E-state index contributed by atoms with van der Waals surface area (Å²) in [5.41, 5.74) is 3.60. The molecule has 136 valence electrons. The fraction of sp³-hybridized carbons (Fsp3) is 0.125. The highest BCUT2D eigenvalue weighted by atomic mass is 35.5. The highest BCUT2D eigenvalue weighted by Crippen LogP contribution is 2.23. The largest absolute Gasteiger partial charge is 0.352 e. The molecule has 0 radical (unpaired) electrons. The molecule has 0 aliphatic heterocycles. The molecule has 2 nitrogen and oxygen atoms in total. The maximum Gasteiger partial charge on any atom is 0.251 e. The molecule has 0 aromatic heterocycles. The van der Waals surface area contributed by atoms with Crippen LogP contribution in [0.15, 0.2) is 84.9 Å². The SMILES string of the molecule is O=C(NCCCc1ccccc1)/C(=C/c1ccccc1Cl)c1ccccc1. The summed E-state index contributed by atoms with van der Waals surface area (Å²) in [5, 5.41) is 3.67. The Morgan fingerprint density at radius 3 is 2.19 bits per heavy atom. The van der Waals surface area contributed by atoms with E-state index >= 15 is 0 Å². The molecule has 0 heterocycles. The van der Waals surface area contributed by atoms with Gasteiger partial charge in [0, 0.05) is 17.1 Å². The maximum atomic E-state index is 12.8. The van der Waals surface area contributed by atoms with E-state index in [1.54, 1.807) is 0 Å². The first-order valence-electron chi connectivity index (χ1n) is 9.08. The minimum absolute atomic E-state index is 0.0887. The Labute approximate surface area is 165 Å². The molecule has 3 heteroatoms. The molecule has 0 atom stereocenters. The monoisotopic (exact) mass is 375 g/mol. The molecule has 0 spiro atoms. The first kappa shape index (κ1) is 18.9. The van der Waals surface area contributed by atoms with Gasteiger partial charge >= 0.3 is 0 Å². The number of aryl methyl sites for hydroxylation is 1. The molecule has 1 amide bonds. The van der Waals surface area contributed by atoms with Crippen LogP contribution in [0.1, 0.15) is 23.1 Å². The number of hydrogen-bond donors (Lipinski definition) is 1. The van der Waals surface area contributed by atoms with Crippen molar-refractivity contribution in [2.24, 2.45) is 0 Å². The lowest BCUT2D eigenvalue weighted by Gasteiger charge is -2.10. The summed E-state index contributed by atoms with van der Waals surface area (Å²) in [6.07, 6.45) is 3.68. The van der Waals surface area contributed by atoms with Crippen LogP contribution in [0.25, 0.3) is 11.6 Å². The second-order valence-electron chi connectivity index (χ2n) is 6.29. The van der Waals surface area contributed by atoms with E-state index in [0.29, 0.717) is 17.1 Å². The minimum Gasteiger partial charge on any atom is -0.352 e. The van der Waals surface area contributed by atoms with Crippen LogP contribution in [-0.4, -0.2) is 12.5 Å². The van der Waals surface area contributed by atoms with Crippen molar-refractivity contribution in [1.29, 1.82) is 0 Å². The van der Waals surface area contributed by atoms with Crippen molar-refractivity contribution >= 4 is 29.2 Å². The number of amides is 1. The van der Waals surface area contributed by atoms with Crippen molar-refractivity contribution in [3.05, 3.63) is 107 Å². The van der Waals surface area contributed by atoms with Crippen LogP contribution in [0, 0.1) is 0 Å². The van der Waals surface area contributed by atoms with Gasteiger partial charge in [-0.1, -0.05) is 90.5 Å². The van der Waals surface area contributed by atoms with Crippen molar-refractivity contribution in [3.63, 3.8) is 0 Å². The van der Waals surface area contributed by atoms with Crippen LogP contribution in [0.2, 0.25) is 5.02 Å². The first-order chi connectivity index (χ1) is 13.2. The van der Waals surface area contributed by atoms with Crippen LogP contribution in [0.5, 0.6) is 0 Å².